The number of aryl methyl sites for hydroxylation is 2. The first-order valence-electron chi connectivity index (χ1n) is 8.29. The fourth-order valence-corrected chi connectivity index (χ4v) is 4.41. The van der Waals surface area contributed by atoms with E-state index in [2.05, 4.69) is 37.4 Å². The number of benzene rings is 1. The number of thioether (sulfide) groups is 1. The van der Waals surface area contributed by atoms with Crippen LogP contribution in [0.25, 0.3) is 15.7 Å². The molecular weight excluding hydrogens is 364 g/mol. The first kappa shape index (κ1) is 17.1. The zero-order valence-electron chi connectivity index (χ0n) is 14.5. The van der Waals surface area contributed by atoms with Crippen LogP contribution in [0.1, 0.15) is 17.0 Å². The molecule has 1 amide bonds. The molecule has 0 spiro atoms. The molecule has 0 aliphatic heterocycles. The summed E-state index contributed by atoms with van der Waals surface area (Å²) in [7, 11) is 0. The monoisotopic (exact) mass is 382 g/mol. The van der Waals surface area contributed by atoms with Gasteiger partial charge < -0.3 is 5.32 Å². The van der Waals surface area contributed by atoms with E-state index in [4.69, 9.17) is 0 Å². The molecule has 4 rings (SSSR count). The molecule has 0 atom stereocenters. The number of thiophene rings is 1. The van der Waals surface area contributed by atoms with Crippen molar-refractivity contribution in [3.8, 4) is 0 Å². The van der Waals surface area contributed by atoms with E-state index < -0.39 is 0 Å². The Balaban J connectivity index is 1.45. The van der Waals surface area contributed by atoms with Gasteiger partial charge in [-0.3, -0.25) is 9.20 Å². The molecule has 0 unspecified atom stereocenters. The number of carbonyl (C=O) groups excluding carboxylic acids is 1. The summed E-state index contributed by atoms with van der Waals surface area (Å²) in [6.07, 6.45) is 0. The van der Waals surface area contributed by atoms with E-state index >= 15 is 0 Å². The van der Waals surface area contributed by atoms with Crippen molar-refractivity contribution >= 4 is 44.7 Å². The van der Waals surface area contributed by atoms with Crippen LogP contribution >= 0.6 is 23.1 Å². The van der Waals surface area contributed by atoms with E-state index in [1.807, 2.05) is 38.1 Å². The number of rotatable bonds is 5. The lowest BCUT2D eigenvalue weighted by atomic mass is 10.1. The van der Waals surface area contributed by atoms with Crippen molar-refractivity contribution in [2.45, 2.75) is 25.4 Å². The van der Waals surface area contributed by atoms with E-state index in [-0.39, 0.29) is 5.91 Å². The Labute approximate surface area is 159 Å². The zero-order valence-corrected chi connectivity index (χ0v) is 16.2. The third-order valence-corrected chi connectivity index (χ3v) is 6.03. The molecule has 0 fully saturated rings. The number of aromatic nitrogens is 3. The highest BCUT2D eigenvalue weighted by molar-refractivity contribution is 8.00. The van der Waals surface area contributed by atoms with Crippen LogP contribution in [0.4, 0.5) is 0 Å². The molecule has 1 N–H and O–H groups in total. The second-order valence-electron chi connectivity index (χ2n) is 6.14. The minimum absolute atomic E-state index is 0.00975. The molecule has 7 heteroatoms. The van der Waals surface area contributed by atoms with Crippen molar-refractivity contribution in [2.75, 3.05) is 5.75 Å². The Morgan fingerprint density at radius 1 is 1.15 bits per heavy atom. The fourth-order valence-electron chi connectivity index (χ4n) is 2.84. The maximum atomic E-state index is 12.2. The maximum Gasteiger partial charge on any atom is 0.230 e. The lowest BCUT2D eigenvalue weighted by Gasteiger charge is -2.07. The van der Waals surface area contributed by atoms with Crippen LogP contribution in [-0.2, 0) is 11.3 Å². The second-order valence-corrected chi connectivity index (χ2v) is 8.05. The Bertz CT molecular complexity index is 1080. The van der Waals surface area contributed by atoms with Gasteiger partial charge in [-0.15, -0.1) is 21.5 Å². The first-order valence-corrected chi connectivity index (χ1v) is 10.2. The smallest absolute Gasteiger partial charge is 0.230 e. The highest BCUT2D eigenvalue weighted by Gasteiger charge is 2.14. The minimum Gasteiger partial charge on any atom is -0.351 e. The normalized spacial score (nSPS) is 11.3. The molecule has 0 aliphatic carbocycles. The lowest BCUT2D eigenvalue weighted by molar-refractivity contribution is -0.118. The first-order chi connectivity index (χ1) is 12.6. The Morgan fingerprint density at radius 2 is 1.96 bits per heavy atom. The van der Waals surface area contributed by atoms with E-state index in [0.29, 0.717) is 12.3 Å². The highest BCUT2D eigenvalue weighted by Crippen LogP contribution is 2.30. The van der Waals surface area contributed by atoms with Gasteiger partial charge >= 0.3 is 0 Å². The highest BCUT2D eigenvalue weighted by atomic mass is 32.2. The molecule has 0 bridgehead atoms. The largest absolute Gasteiger partial charge is 0.351 e. The quantitative estimate of drug-likeness (QED) is 0.531. The number of hydrogen-bond donors (Lipinski definition) is 1. The van der Waals surface area contributed by atoms with Gasteiger partial charge in [0.05, 0.1) is 21.5 Å². The average molecular weight is 383 g/mol. The van der Waals surface area contributed by atoms with Gasteiger partial charge in [0.2, 0.25) is 5.91 Å². The minimum atomic E-state index is -0.00975. The standard InChI is InChI=1S/C19H18N4OS2/c1-12-3-5-14(6-4-12)10-20-18(24)11-26-19-16-9-17-15(7-8-25-17)23(16)13(2)21-22-19/h3-9H,10-11H2,1-2H3,(H,20,24). The topological polar surface area (TPSA) is 59.3 Å². The van der Waals surface area contributed by atoms with E-state index in [0.717, 1.165) is 27.4 Å². The zero-order chi connectivity index (χ0) is 18.1. The summed E-state index contributed by atoms with van der Waals surface area (Å²) in [6.45, 7) is 4.53. The van der Waals surface area contributed by atoms with Crippen molar-refractivity contribution in [2.24, 2.45) is 0 Å². The third-order valence-electron chi connectivity index (χ3n) is 4.20. The van der Waals surface area contributed by atoms with Gasteiger partial charge in [-0.2, -0.15) is 0 Å². The predicted molar refractivity (Wildman–Crippen MR) is 107 cm³/mol. The molecule has 3 heterocycles. The summed E-state index contributed by atoms with van der Waals surface area (Å²) >= 11 is 3.12. The summed E-state index contributed by atoms with van der Waals surface area (Å²) in [5.41, 5.74) is 4.46. The van der Waals surface area contributed by atoms with E-state index in [1.54, 1.807) is 11.3 Å². The molecule has 1 aromatic carbocycles. The molecule has 5 nitrogen and oxygen atoms in total. The van der Waals surface area contributed by atoms with Gasteiger partial charge in [0.25, 0.3) is 0 Å². The number of nitrogens with one attached hydrogen (secondary N) is 1. The van der Waals surface area contributed by atoms with Gasteiger partial charge in [0.1, 0.15) is 10.9 Å². The van der Waals surface area contributed by atoms with Crippen LogP contribution in [-0.4, -0.2) is 26.3 Å². The summed E-state index contributed by atoms with van der Waals surface area (Å²) in [5.74, 6) is 1.16. The Morgan fingerprint density at radius 3 is 2.77 bits per heavy atom. The SMILES string of the molecule is Cc1ccc(CNC(=O)CSc2nnc(C)n3c2cc2sccc23)cc1. The number of amides is 1. The molecule has 132 valence electrons. The van der Waals surface area contributed by atoms with Gasteiger partial charge in [0, 0.05) is 6.54 Å². The molecule has 0 saturated heterocycles. The second kappa shape index (κ2) is 7.09. The Kier molecular flexibility index (Phi) is 4.65. The van der Waals surface area contributed by atoms with Crippen molar-refractivity contribution in [3.63, 3.8) is 0 Å². The van der Waals surface area contributed by atoms with E-state index in [9.17, 15) is 4.79 Å². The summed E-state index contributed by atoms with van der Waals surface area (Å²) in [4.78, 5) is 12.2. The number of nitrogens with zero attached hydrogens (tertiary/aromatic N) is 3. The molecule has 0 saturated carbocycles. The maximum absolute atomic E-state index is 12.2. The third kappa shape index (κ3) is 3.32. The molecule has 0 aliphatic rings. The van der Waals surface area contributed by atoms with Crippen LogP contribution in [0, 0.1) is 13.8 Å². The molecular formula is C19H18N4OS2. The van der Waals surface area contributed by atoms with Crippen molar-refractivity contribution in [1.29, 1.82) is 0 Å². The van der Waals surface area contributed by atoms with Crippen LogP contribution < -0.4 is 5.32 Å². The Hall–Kier alpha value is -2.38. The van der Waals surface area contributed by atoms with Crippen LogP contribution in [0.2, 0.25) is 0 Å². The van der Waals surface area contributed by atoms with Gasteiger partial charge in [-0.25, -0.2) is 0 Å². The van der Waals surface area contributed by atoms with Crippen LogP contribution in [0.3, 0.4) is 0 Å². The van der Waals surface area contributed by atoms with Crippen LogP contribution in [0.5, 0.6) is 0 Å². The molecule has 4 aromatic rings. The van der Waals surface area contributed by atoms with Crippen molar-refractivity contribution in [1.82, 2.24) is 19.9 Å². The van der Waals surface area contributed by atoms with Crippen molar-refractivity contribution < 1.29 is 4.79 Å². The van der Waals surface area contributed by atoms with Gasteiger partial charge in [-0.1, -0.05) is 41.6 Å². The molecule has 3 aromatic heterocycles. The summed E-state index contributed by atoms with van der Waals surface area (Å²) < 4.78 is 3.30. The predicted octanol–water partition coefficient (Wildman–Crippen LogP) is 3.97. The van der Waals surface area contributed by atoms with Gasteiger partial charge in [0.15, 0.2) is 0 Å². The number of carbonyl (C=O) groups is 1. The number of fused-ring (bicyclic) bond motifs is 3. The number of hydrogen-bond acceptors (Lipinski definition) is 5. The summed E-state index contributed by atoms with van der Waals surface area (Å²) in [6, 6.07) is 12.4. The summed E-state index contributed by atoms with van der Waals surface area (Å²) in [5, 5.41) is 14.4. The average Bonchev–Trinajstić information content (AvgIpc) is 3.22. The van der Waals surface area contributed by atoms with E-state index in [1.165, 1.54) is 22.0 Å². The lowest BCUT2D eigenvalue weighted by Crippen LogP contribution is -2.24. The van der Waals surface area contributed by atoms with Crippen LogP contribution in [0.15, 0.2) is 46.8 Å². The molecule has 0 radical (unpaired) electrons. The fraction of sp³-hybridized carbons (Fsp3) is 0.211. The van der Waals surface area contributed by atoms with Crippen molar-refractivity contribution in [3.05, 3.63) is 58.7 Å². The molecule has 26 heavy (non-hydrogen) atoms. The van der Waals surface area contributed by atoms with Gasteiger partial charge in [-0.05, 0) is 36.9 Å².